The van der Waals surface area contributed by atoms with Crippen molar-refractivity contribution in [1.29, 1.82) is 0 Å². The van der Waals surface area contributed by atoms with Crippen LogP contribution in [0.3, 0.4) is 0 Å². The van der Waals surface area contributed by atoms with E-state index in [9.17, 15) is 9.59 Å². The highest BCUT2D eigenvalue weighted by Crippen LogP contribution is 1.99. The van der Waals surface area contributed by atoms with Crippen LogP contribution in [-0.4, -0.2) is 17.0 Å². The molecule has 0 bridgehead atoms. The number of carboxylic acids is 1. The van der Waals surface area contributed by atoms with Gasteiger partial charge in [-0.15, -0.1) is 0 Å². The summed E-state index contributed by atoms with van der Waals surface area (Å²) in [6.07, 6.45) is 3.65. The number of hydrogen-bond acceptors (Lipinski definition) is 3. The van der Waals surface area contributed by atoms with E-state index in [2.05, 4.69) is 17.9 Å². The van der Waals surface area contributed by atoms with Crippen molar-refractivity contribution in [2.24, 2.45) is 0 Å². The van der Waals surface area contributed by atoms with Crippen molar-refractivity contribution in [2.75, 3.05) is 0 Å². The van der Waals surface area contributed by atoms with Crippen molar-refractivity contribution in [3.63, 3.8) is 0 Å². The van der Waals surface area contributed by atoms with Crippen LogP contribution in [0.15, 0.2) is 37.1 Å². The number of carboxylic acid groups (broad SMARTS) is 1. The standard InChI is InChI=1S/C9H10O4/c1-3-4-5-13-8(10)6-7(2)9(11)12/h3-5H,1-2,6H2,(H,11,12). The summed E-state index contributed by atoms with van der Waals surface area (Å²) < 4.78 is 4.49. The van der Waals surface area contributed by atoms with Crippen LogP contribution in [0, 0.1) is 0 Å². The zero-order chi connectivity index (χ0) is 10.3. The molecule has 4 nitrogen and oxygen atoms in total. The maximum Gasteiger partial charge on any atom is 0.331 e. The Kier molecular flexibility index (Phi) is 4.95. The lowest BCUT2D eigenvalue weighted by molar-refractivity contribution is -0.140. The van der Waals surface area contributed by atoms with E-state index >= 15 is 0 Å². The summed E-state index contributed by atoms with van der Waals surface area (Å²) in [4.78, 5) is 21.0. The van der Waals surface area contributed by atoms with Crippen LogP contribution in [0.4, 0.5) is 0 Å². The van der Waals surface area contributed by atoms with Crippen LogP contribution < -0.4 is 0 Å². The Hall–Kier alpha value is -1.84. The van der Waals surface area contributed by atoms with E-state index in [1.165, 1.54) is 12.2 Å². The molecular weight excluding hydrogens is 172 g/mol. The van der Waals surface area contributed by atoms with Crippen LogP contribution in [0.25, 0.3) is 0 Å². The van der Waals surface area contributed by atoms with E-state index in [0.717, 1.165) is 6.26 Å². The quantitative estimate of drug-likeness (QED) is 0.301. The molecule has 0 spiro atoms. The van der Waals surface area contributed by atoms with E-state index in [4.69, 9.17) is 5.11 Å². The van der Waals surface area contributed by atoms with Gasteiger partial charge in [-0.1, -0.05) is 19.2 Å². The van der Waals surface area contributed by atoms with Gasteiger partial charge in [0.1, 0.15) is 0 Å². The maximum atomic E-state index is 10.8. The first-order valence-corrected chi connectivity index (χ1v) is 3.46. The second-order valence-electron chi connectivity index (χ2n) is 2.14. The number of carbonyl (C=O) groups is 2. The highest BCUT2D eigenvalue weighted by atomic mass is 16.5. The predicted molar refractivity (Wildman–Crippen MR) is 46.8 cm³/mol. The van der Waals surface area contributed by atoms with Gasteiger partial charge in [-0.25, -0.2) is 4.79 Å². The molecule has 0 aliphatic carbocycles. The Labute approximate surface area is 75.8 Å². The summed E-state index contributed by atoms with van der Waals surface area (Å²) in [5, 5.41) is 8.36. The Bertz CT molecular complexity index is 263. The normalized spacial score (nSPS) is 9.54. The van der Waals surface area contributed by atoms with Crippen molar-refractivity contribution in [3.8, 4) is 0 Å². The van der Waals surface area contributed by atoms with E-state index in [-0.39, 0.29) is 12.0 Å². The summed E-state index contributed by atoms with van der Waals surface area (Å²) >= 11 is 0. The number of carbonyl (C=O) groups excluding carboxylic acids is 1. The molecule has 0 rings (SSSR count). The second kappa shape index (κ2) is 5.77. The molecule has 0 atom stereocenters. The Balaban J connectivity index is 3.88. The van der Waals surface area contributed by atoms with Gasteiger partial charge in [0.25, 0.3) is 0 Å². The number of rotatable bonds is 5. The molecule has 0 amide bonds. The minimum atomic E-state index is -1.20. The first kappa shape index (κ1) is 11.2. The minimum Gasteiger partial charge on any atom is -0.478 e. The van der Waals surface area contributed by atoms with Gasteiger partial charge in [0.05, 0.1) is 12.7 Å². The molecule has 0 saturated carbocycles. The SMILES string of the molecule is C=CC=COC(=O)CC(=C)C(=O)O. The Morgan fingerprint density at radius 1 is 1.46 bits per heavy atom. The molecule has 0 unspecified atom stereocenters. The molecule has 13 heavy (non-hydrogen) atoms. The topological polar surface area (TPSA) is 63.6 Å². The average molecular weight is 182 g/mol. The van der Waals surface area contributed by atoms with Crippen LogP contribution in [-0.2, 0) is 14.3 Å². The number of esters is 1. The first-order chi connectivity index (χ1) is 6.07. The highest BCUT2D eigenvalue weighted by Gasteiger charge is 2.09. The van der Waals surface area contributed by atoms with E-state index < -0.39 is 11.9 Å². The molecule has 0 radical (unpaired) electrons. The number of ether oxygens (including phenoxy) is 1. The van der Waals surface area contributed by atoms with Gasteiger partial charge >= 0.3 is 11.9 Å². The lowest BCUT2D eigenvalue weighted by Gasteiger charge is -1.97. The van der Waals surface area contributed by atoms with Gasteiger partial charge < -0.3 is 9.84 Å². The van der Waals surface area contributed by atoms with E-state index in [0.29, 0.717) is 0 Å². The third-order valence-corrected chi connectivity index (χ3v) is 1.07. The molecule has 0 aromatic carbocycles. The summed E-state index contributed by atoms with van der Waals surface area (Å²) in [7, 11) is 0. The lowest BCUT2D eigenvalue weighted by Crippen LogP contribution is -2.07. The fourth-order valence-corrected chi connectivity index (χ4v) is 0.462. The monoisotopic (exact) mass is 182 g/mol. The van der Waals surface area contributed by atoms with Crippen LogP contribution in [0.5, 0.6) is 0 Å². The van der Waals surface area contributed by atoms with Crippen molar-refractivity contribution in [1.82, 2.24) is 0 Å². The third-order valence-electron chi connectivity index (χ3n) is 1.07. The fourth-order valence-electron chi connectivity index (χ4n) is 0.462. The van der Waals surface area contributed by atoms with Crippen molar-refractivity contribution < 1.29 is 19.4 Å². The van der Waals surface area contributed by atoms with E-state index in [1.807, 2.05) is 0 Å². The van der Waals surface area contributed by atoms with Gasteiger partial charge in [-0.2, -0.15) is 0 Å². The summed E-state index contributed by atoms with van der Waals surface area (Å²) in [5.74, 6) is -1.87. The molecule has 0 saturated heterocycles. The predicted octanol–water partition coefficient (Wildman–Crippen LogP) is 1.26. The van der Waals surface area contributed by atoms with Gasteiger partial charge in [0.15, 0.2) is 0 Å². The second-order valence-corrected chi connectivity index (χ2v) is 2.14. The molecule has 0 heterocycles. The van der Waals surface area contributed by atoms with Gasteiger partial charge in [-0.05, 0) is 6.08 Å². The van der Waals surface area contributed by atoms with E-state index in [1.54, 1.807) is 0 Å². The Morgan fingerprint density at radius 2 is 2.08 bits per heavy atom. The van der Waals surface area contributed by atoms with Crippen LogP contribution >= 0.6 is 0 Å². The molecule has 0 aromatic rings. The number of aliphatic carboxylic acids is 1. The average Bonchev–Trinajstić information content (AvgIpc) is 2.04. The molecular formula is C9H10O4. The van der Waals surface area contributed by atoms with Gasteiger partial charge in [0, 0.05) is 5.57 Å². The third kappa shape index (κ3) is 5.43. The molecule has 0 fully saturated rings. The molecule has 4 heteroatoms. The van der Waals surface area contributed by atoms with Crippen LogP contribution in [0.1, 0.15) is 6.42 Å². The fraction of sp³-hybridized carbons (Fsp3) is 0.111. The molecule has 0 aromatic heterocycles. The summed E-state index contributed by atoms with van der Waals surface area (Å²) in [6, 6.07) is 0. The zero-order valence-corrected chi connectivity index (χ0v) is 7.03. The summed E-state index contributed by atoms with van der Waals surface area (Å²) in [5.41, 5.74) is -0.197. The lowest BCUT2D eigenvalue weighted by atomic mass is 10.2. The zero-order valence-electron chi connectivity index (χ0n) is 7.03. The molecule has 0 aliphatic heterocycles. The largest absolute Gasteiger partial charge is 0.478 e. The Morgan fingerprint density at radius 3 is 2.54 bits per heavy atom. The van der Waals surface area contributed by atoms with Crippen molar-refractivity contribution >= 4 is 11.9 Å². The highest BCUT2D eigenvalue weighted by molar-refractivity contribution is 5.91. The first-order valence-electron chi connectivity index (χ1n) is 3.46. The summed E-state index contributed by atoms with van der Waals surface area (Å²) in [6.45, 7) is 6.53. The molecule has 1 N–H and O–H groups in total. The number of allylic oxidation sites excluding steroid dienone is 2. The van der Waals surface area contributed by atoms with Gasteiger partial charge in [-0.3, -0.25) is 4.79 Å². The smallest absolute Gasteiger partial charge is 0.331 e. The van der Waals surface area contributed by atoms with Crippen LogP contribution in [0.2, 0.25) is 0 Å². The minimum absolute atomic E-state index is 0.197. The van der Waals surface area contributed by atoms with Crippen molar-refractivity contribution in [2.45, 2.75) is 6.42 Å². The maximum absolute atomic E-state index is 10.8. The molecule has 70 valence electrons. The molecule has 0 aliphatic rings. The van der Waals surface area contributed by atoms with Crippen molar-refractivity contribution in [3.05, 3.63) is 37.1 Å². The van der Waals surface area contributed by atoms with Gasteiger partial charge in [0.2, 0.25) is 0 Å². The number of hydrogen-bond donors (Lipinski definition) is 1.